The molecule has 0 aromatic heterocycles. The second kappa shape index (κ2) is 7.64. The Morgan fingerprint density at radius 3 is 2.05 bits per heavy atom. The minimum Gasteiger partial charge on any atom is -0.445 e. The quantitative estimate of drug-likeness (QED) is 0.755. The molecule has 0 bridgehead atoms. The Morgan fingerprint density at radius 2 is 1.67 bits per heavy atom. The molecule has 0 atom stereocenters. The molecule has 0 saturated heterocycles. The Hall–Kier alpha value is 0.888. The van der Waals surface area contributed by atoms with Crippen LogP contribution in [0.5, 0.6) is 0 Å². The van der Waals surface area contributed by atoms with Crippen LogP contribution >= 0.6 is 0 Å². The second-order valence-corrected chi connectivity index (χ2v) is 11.6. The molecule has 0 amide bonds. The average Bonchev–Trinajstić information content (AvgIpc) is 2.24. The summed E-state index contributed by atoms with van der Waals surface area (Å²) >= 11 is 0. The summed E-state index contributed by atoms with van der Waals surface area (Å²) < 4.78 is 44.1. The van der Waals surface area contributed by atoms with Crippen molar-refractivity contribution in [1.29, 1.82) is 0 Å². The van der Waals surface area contributed by atoms with Crippen molar-refractivity contribution in [2.75, 3.05) is 0 Å². The van der Waals surface area contributed by atoms with E-state index in [1.807, 2.05) is 0 Å². The van der Waals surface area contributed by atoms with Crippen LogP contribution in [0.2, 0.25) is 18.1 Å². The maximum Gasteiger partial charge on any atom is 1.00 e. The largest absolute Gasteiger partial charge is 1.00 e. The molecule has 1 rings (SSSR count). The first-order chi connectivity index (χ1) is 8.84. The topological polar surface area (TPSA) is 9.23 Å². The van der Waals surface area contributed by atoms with E-state index in [1.165, 1.54) is 12.1 Å². The summed E-state index contributed by atoms with van der Waals surface area (Å²) in [6.07, 6.45) is 0. The zero-order valence-electron chi connectivity index (χ0n) is 14.1. The number of hydrogen-bond donors (Lipinski definition) is 0. The molecule has 1 aromatic rings. The van der Waals surface area contributed by atoms with Gasteiger partial charge in [0.2, 0.25) is 0 Å². The van der Waals surface area contributed by atoms with Crippen LogP contribution in [0.1, 0.15) is 31.9 Å². The van der Waals surface area contributed by atoms with Crippen LogP contribution in [0.15, 0.2) is 18.2 Å². The number of hydrogen-bond acceptors (Lipinski definition) is 1. The van der Waals surface area contributed by atoms with Gasteiger partial charge in [-0.2, -0.15) is 0 Å². The molecule has 0 unspecified atom stereocenters. The van der Waals surface area contributed by atoms with Gasteiger partial charge >= 0.3 is 58.4 Å². The van der Waals surface area contributed by atoms with E-state index in [2.05, 4.69) is 33.9 Å². The van der Waals surface area contributed by atoms with Gasteiger partial charge < -0.3 is 17.4 Å². The molecule has 21 heavy (non-hydrogen) atoms. The molecule has 0 radical (unpaired) electrons. The summed E-state index contributed by atoms with van der Waals surface area (Å²) in [5.74, 6) is 0. The fourth-order valence-electron chi connectivity index (χ4n) is 1.56. The molecule has 0 aliphatic carbocycles. The molecule has 1 aromatic carbocycles. The summed E-state index contributed by atoms with van der Waals surface area (Å²) in [5, 5.41) is 0.0932. The van der Waals surface area contributed by atoms with Crippen LogP contribution in [-0.2, 0) is 11.0 Å². The van der Waals surface area contributed by atoms with Gasteiger partial charge in [0.1, 0.15) is 0 Å². The van der Waals surface area contributed by atoms with Crippen molar-refractivity contribution >= 4 is 20.8 Å². The molecule has 0 fully saturated rings. The summed E-state index contributed by atoms with van der Waals surface area (Å²) in [6, 6.07) is 3.90. The molecule has 114 valence electrons. The number of aryl methyl sites for hydroxylation is 1. The first-order valence-electron chi connectivity index (χ1n) is 6.78. The van der Waals surface area contributed by atoms with Crippen molar-refractivity contribution in [2.24, 2.45) is 0 Å². The number of halogens is 3. The van der Waals surface area contributed by atoms with Gasteiger partial charge in [0.25, 0.3) is 0 Å². The van der Waals surface area contributed by atoms with E-state index < -0.39 is 20.8 Å². The van der Waals surface area contributed by atoms with Crippen molar-refractivity contribution in [3.05, 3.63) is 29.3 Å². The first-order valence-corrected chi connectivity index (χ1v) is 9.69. The SMILES string of the molecule is Cc1cc([B-](F)(F)F)ccc1CO[Si](C)(C)C(C)(C)C.[K+]. The summed E-state index contributed by atoms with van der Waals surface area (Å²) in [6.45, 7) is 7.85. The van der Waals surface area contributed by atoms with E-state index in [0.29, 0.717) is 12.2 Å². The third kappa shape index (κ3) is 6.12. The molecule has 0 N–H and O–H groups in total. The maximum absolute atomic E-state index is 12.7. The first kappa shape index (κ1) is 21.9. The third-order valence-corrected chi connectivity index (χ3v) is 8.62. The molecule has 0 aliphatic rings. The maximum atomic E-state index is 12.7. The van der Waals surface area contributed by atoms with E-state index in [1.54, 1.807) is 6.92 Å². The van der Waals surface area contributed by atoms with Gasteiger partial charge in [0, 0.05) is 0 Å². The van der Waals surface area contributed by atoms with Crippen LogP contribution in [0.3, 0.4) is 0 Å². The van der Waals surface area contributed by atoms with E-state index in [-0.39, 0.29) is 56.4 Å². The normalized spacial score (nSPS) is 13.0. The minimum atomic E-state index is -4.93. The van der Waals surface area contributed by atoms with Crippen molar-refractivity contribution in [1.82, 2.24) is 0 Å². The molecular weight excluding hydrogens is 319 g/mol. The van der Waals surface area contributed by atoms with Crippen LogP contribution in [0, 0.1) is 6.92 Å². The minimum absolute atomic E-state index is 0. The van der Waals surface area contributed by atoms with E-state index in [0.717, 1.165) is 11.6 Å². The standard InChI is InChI=1S/C14H23BF3OSi.K/c1-11-9-13(15(16,17)18)8-7-12(11)10-19-20(5,6)14(2,3)4;/h7-9H,10H2,1-6H3;/q-1;+1. The fraction of sp³-hybridized carbons (Fsp3) is 0.571. The van der Waals surface area contributed by atoms with Crippen molar-refractivity contribution < 1.29 is 68.8 Å². The van der Waals surface area contributed by atoms with Gasteiger partial charge in [-0.1, -0.05) is 39.0 Å². The molecule has 0 saturated carbocycles. The van der Waals surface area contributed by atoms with E-state index in [9.17, 15) is 12.9 Å². The zero-order chi connectivity index (χ0) is 15.8. The van der Waals surface area contributed by atoms with E-state index >= 15 is 0 Å². The van der Waals surface area contributed by atoms with Gasteiger partial charge in [-0.05, 0) is 36.2 Å². The van der Waals surface area contributed by atoms with Gasteiger partial charge in [0.05, 0.1) is 6.61 Å². The summed E-state index contributed by atoms with van der Waals surface area (Å²) in [5.41, 5.74) is 0.928. The number of benzene rings is 1. The molecule has 0 aliphatic heterocycles. The average molecular weight is 342 g/mol. The molecule has 0 spiro atoms. The monoisotopic (exact) mass is 342 g/mol. The number of rotatable bonds is 4. The van der Waals surface area contributed by atoms with Crippen LogP contribution < -0.4 is 56.8 Å². The Bertz CT molecular complexity index is 484. The molecule has 7 heteroatoms. The Labute approximate surface area is 169 Å². The van der Waals surface area contributed by atoms with Crippen molar-refractivity contribution in [3.8, 4) is 0 Å². The van der Waals surface area contributed by atoms with E-state index in [4.69, 9.17) is 4.43 Å². The van der Waals surface area contributed by atoms with Crippen LogP contribution in [0.4, 0.5) is 12.9 Å². The van der Waals surface area contributed by atoms with Gasteiger partial charge in [-0.3, -0.25) is 0 Å². The van der Waals surface area contributed by atoms with Crippen LogP contribution in [-0.4, -0.2) is 15.3 Å². The fourth-order valence-corrected chi connectivity index (χ4v) is 2.51. The molecular formula is C14H23BF3KOSi. The predicted octanol–water partition coefficient (Wildman–Crippen LogP) is 1.58. The smallest absolute Gasteiger partial charge is 0.445 e. The summed E-state index contributed by atoms with van der Waals surface area (Å²) in [7, 11) is -1.88. The van der Waals surface area contributed by atoms with Crippen molar-refractivity contribution in [3.63, 3.8) is 0 Å². The molecule has 0 heterocycles. The molecule has 1 nitrogen and oxygen atoms in total. The van der Waals surface area contributed by atoms with Gasteiger partial charge in [-0.15, -0.1) is 5.46 Å². The Kier molecular flexibility index (Phi) is 7.96. The Morgan fingerprint density at radius 1 is 1.14 bits per heavy atom. The van der Waals surface area contributed by atoms with Crippen LogP contribution in [0.25, 0.3) is 0 Å². The second-order valence-electron chi connectivity index (χ2n) is 6.81. The summed E-state index contributed by atoms with van der Waals surface area (Å²) in [4.78, 5) is 0. The Balaban J connectivity index is 0.00000400. The van der Waals surface area contributed by atoms with Gasteiger partial charge in [0.15, 0.2) is 8.32 Å². The zero-order valence-corrected chi connectivity index (χ0v) is 18.2. The van der Waals surface area contributed by atoms with Gasteiger partial charge in [-0.25, -0.2) is 0 Å². The predicted molar refractivity (Wildman–Crippen MR) is 81.9 cm³/mol. The van der Waals surface area contributed by atoms with Crippen molar-refractivity contribution in [2.45, 2.75) is 52.4 Å². The third-order valence-electron chi connectivity index (χ3n) is 4.14.